The summed E-state index contributed by atoms with van der Waals surface area (Å²) in [4.78, 5) is 12.4. The minimum Gasteiger partial charge on any atom is -0.346 e. The number of nitrogens with zero attached hydrogens (tertiary/aromatic N) is 5. The van der Waals surface area contributed by atoms with E-state index in [-0.39, 0.29) is 21.9 Å². The lowest BCUT2D eigenvalue weighted by Crippen LogP contribution is -2.38. The number of hydrogen-bond donors (Lipinski definition) is 1. The number of nitrogens with one attached hydrogen (secondary N) is 1. The molecule has 0 aliphatic carbocycles. The topological polar surface area (TPSA) is 108 Å². The highest BCUT2D eigenvalue weighted by atomic mass is 32.2. The molecule has 1 aromatic carbocycles. The Morgan fingerprint density at radius 2 is 2.09 bits per heavy atom. The van der Waals surface area contributed by atoms with E-state index in [4.69, 9.17) is 0 Å². The molecule has 4 aromatic rings. The van der Waals surface area contributed by atoms with Gasteiger partial charge in [-0.25, -0.2) is 23.1 Å². The van der Waals surface area contributed by atoms with Gasteiger partial charge in [-0.1, -0.05) is 25.1 Å². The quantitative estimate of drug-likeness (QED) is 0.499. The molecule has 1 aliphatic heterocycles. The van der Waals surface area contributed by atoms with Crippen LogP contribution in [0.4, 0.5) is 0 Å². The lowest BCUT2D eigenvalue weighted by molar-refractivity contribution is 0.530. The Morgan fingerprint density at radius 1 is 1.28 bits per heavy atom. The largest absolute Gasteiger partial charge is 0.346 e. The summed E-state index contributed by atoms with van der Waals surface area (Å²) in [6.45, 7) is 4.64. The number of hydrogen-bond acceptors (Lipinski definition) is 6. The van der Waals surface area contributed by atoms with Gasteiger partial charge in [0.25, 0.3) is 0 Å². The van der Waals surface area contributed by atoms with Crippen molar-refractivity contribution in [2.75, 3.05) is 11.6 Å². The van der Waals surface area contributed by atoms with Gasteiger partial charge in [0.15, 0.2) is 5.03 Å². The maximum Gasteiger partial charge on any atom is 0.226 e. The van der Waals surface area contributed by atoms with Gasteiger partial charge in [-0.15, -0.1) is 0 Å². The summed E-state index contributed by atoms with van der Waals surface area (Å²) < 4.78 is 29.3. The summed E-state index contributed by atoms with van der Waals surface area (Å²) in [5, 5.41) is 12.2. The van der Waals surface area contributed by atoms with Crippen molar-refractivity contribution < 1.29 is 8.42 Å². The van der Waals surface area contributed by atoms with E-state index in [1.54, 1.807) is 37.6 Å². The number of aryl methyl sites for hydroxylation is 1. The average Bonchev–Trinajstić information content (AvgIpc) is 3.50. The number of aromatic amines is 1. The zero-order valence-electron chi connectivity index (χ0n) is 18.0. The molecule has 3 aromatic heterocycles. The first-order valence-corrected chi connectivity index (χ1v) is 12.2. The van der Waals surface area contributed by atoms with Gasteiger partial charge in [0.05, 0.1) is 11.0 Å². The minimum absolute atomic E-state index is 0.0451. The number of fused-ring (bicyclic) bond motifs is 3. The Morgan fingerprint density at radius 3 is 2.84 bits per heavy atom. The second-order valence-corrected chi connectivity index (χ2v) is 10.2. The lowest BCUT2D eigenvalue weighted by atomic mass is 10.0. The minimum atomic E-state index is -3.88. The van der Waals surface area contributed by atoms with Crippen molar-refractivity contribution in [3.63, 3.8) is 0 Å². The van der Waals surface area contributed by atoms with E-state index in [0.29, 0.717) is 23.1 Å². The van der Waals surface area contributed by atoms with Crippen molar-refractivity contribution in [1.82, 2.24) is 19.6 Å². The molecular weight excluding hydrogens is 424 g/mol. The maximum atomic E-state index is 13.6. The van der Waals surface area contributed by atoms with Crippen LogP contribution in [0.5, 0.6) is 0 Å². The number of pyridine rings is 1. The molecule has 0 unspecified atom stereocenters. The first-order valence-electron chi connectivity index (χ1n) is 10.7. The molecule has 9 heteroatoms. The Labute approximate surface area is 186 Å². The highest BCUT2D eigenvalue weighted by molar-refractivity contribution is 7.91. The zero-order chi connectivity index (χ0) is 22.5. The van der Waals surface area contributed by atoms with E-state index in [9.17, 15) is 13.7 Å². The summed E-state index contributed by atoms with van der Waals surface area (Å²) in [7, 11) is -3.88. The molecule has 5 rings (SSSR count). The molecule has 8 nitrogen and oxygen atoms in total. The molecule has 0 saturated carbocycles. The van der Waals surface area contributed by atoms with Gasteiger partial charge in [0, 0.05) is 30.6 Å². The van der Waals surface area contributed by atoms with Gasteiger partial charge in [-0.05, 0) is 43.4 Å². The first kappa shape index (κ1) is 20.5. The van der Waals surface area contributed by atoms with E-state index in [1.807, 2.05) is 16.8 Å². The van der Waals surface area contributed by atoms with Crippen molar-refractivity contribution in [3.8, 4) is 6.07 Å². The van der Waals surface area contributed by atoms with Crippen LogP contribution in [-0.2, 0) is 9.84 Å². The van der Waals surface area contributed by atoms with Crippen LogP contribution < -0.4 is 5.01 Å². The monoisotopic (exact) mass is 448 g/mol. The zero-order valence-corrected chi connectivity index (χ0v) is 18.8. The molecule has 4 heterocycles. The van der Waals surface area contributed by atoms with Crippen LogP contribution in [0.1, 0.15) is 31.7 Å². The van der Waals surface area contributed by atoms with Gasteiger partial charge in [0.2, 0.25) is 9.84 Å². The molecule has 0 spiro atoms. The highest BCUT2D eigenvalue weighted by Crippen LogP contribution is 2.34. The molecule has 164 valence electrons. The molecule has 2 atom stereocenters. The van der Waals surface area contributed by atoms with Crippen molar-refractivity contribution >= 4 is 31.9 Å². The number of nitriles is 1. The van der Waals surface area contributed by atoms with E-state index in [1.165, 1.54) is 0 Å². The summed E-state index contributed by atoms with van der Waals surface area (Å²) in [5.41, 5.74) is 2.25. The lowest BCUT2D eigenvalue weighted by Gasteiger charge is -2.27. The molecular formula is C23H24N6O2S. The number of aromatic nitrogens is 4. The van der Waals surface area contributed by atoms with Crippen LogP contribution in [0.25, 0.3) is 22.1 Å². The van der Waals surface area contributed by atoms with Crippen LogP contribution in [0.3, 0.4) is 0 Å². The third kappa shape index (κ3) is 3.06. The second-order valence-electron chi connectivity index (χ2n) is 8.36. The van der Waals surface area contributed by atoms with Crippen LogP contribution >= 0.6 is 0 Å². The standard InChI is InChI=1S/C23H24N6O2S/c1-3-17-12-16(8-10-24)13-28(17)29-14-26-20-21(29)18-9-11-25-22(18)27-23(20)32(30,31)19-7-5-4-6-15(19)2/h4-7,9,11,14,16-17H,3,8,12-13H2,1-2H3,(H,25,27)/t16-,17-/m1/s1. The molecule has 32 heavy (non-hydrogen) atoms. The third-order valence-electron chi connectivity index (χ3n) is 6.38. The predicted octanol–water partition coefficient (Wildman–Crippen LogP) is 3.70. The van der Waals surface area contributed by atoms with Gasteiger partial charge < -0.3 is 9.99 Å². The fourth-order valence-electron chi connectivity index (χ4n) is 4.80. The van der Waals surface area contributed by atoms with Crippen molar-refractivity contribution in [2.24, 2.45) is 5.92 Å². The summed E-state index contributed by atoms with van der Waals surface area (Å²) >= 11 is 0. The number of sulfone groups is 1. The molecule has 1 aliphatic rings. The van der Waals surface area contributed by atoms with E-state index in [2.05, 4.69) is 33.0 Å². The van der Waals surface area contributed by atoms with Gasteiger partial charge in [-0.2, -0.15) is 5.26 Å². The van der Waals surface area contributed by atoms with Crippen LogP contribution in [-0.4, -0.2) is 40.6 Å². The number of rotatable bonds is 5. The van der Waals surface area contributed by atoms with Gasteiger partial charge in [-0.3, -0.25) is 0 Å². The molecule has 1 fully saturated rings. The third-order valence-corrected chi connectivity index (χ3v) is 8.21. The number of imidazole rings is 1. The highest BCUT2D eigenvalue weighted by Gasteiger charge is 2.34. The number of H-pyrrole nitrogens is 1. The van der Waals surface area contributed by atoms with Crippen LogP contribution in [0.15, 0.2) is 52.8 Å². The van der Waals surface area contributed by atoms with E-state index < -0.39 is 9.84 Å². The molecule has 1 saturated heterocycles. The van der Waals surface area contributed by atoms with Gasteiger partial charge >= 0.3 is 0 Å². The molecule has 0 amide bonds. The normalized spacial score (nSPS) is 19.1. The average molecular weight is 449 g/mol. The Balaban J connectivity index is 1.74. The maximum absolute atomic E-state index is 13.6. The van der Waals surface area contributed by atoms with E-state index >= 15 is 0 Å². The fourth-order valence-corrected chi connectivity index (χ4v) is 6.38. The molecule has 0 radical (unpaired) electrons. The number of benzene rings is 1. The summed E-state index contributed by atoms with van der Waals surface area (Å²) in [6.07, 6.45) is 5.82. The summed E-state index contributed by atoms with van der Waals surface area (Å²) in [5.74, 6) is 0.279. The van der Waals surface area contributed by atoms with Crippen molar-refractivity contribution in [3.05, 3.63) is 48.4 Å². The smallest absolute Gasteiger partial charge is 0.226 e. The summed E-state index contributed by atoms with van der Waals surface area (Å²) in [6, 6.07) is 11.4. The molecule has 0 bridgehead atoms. The van der Waals surface area contributed by atoms with E-state index in [0.717, 1.165) is 30.3 Å². The Bertz CT molecular complexity index is 1460. The van der Waals surface area contributed by atoms with Crippen LogP contribution in [0, 0.1) is 24.2 Å². The first-order chi connectivity index (χ1) is 15.5. The van der Waals surface area contributed by atoms with Crippen LogP contribution in [0.2, 0.25) is 0 Å². The van der Waals surface area contributed by atoms with Gasteiger partial charge in [0.1, 0.15) is 23.0 Å². The van der Waals surface area contributed by atoms with Crippen molar-refractivity contribution in [2.45, 2.75) is 49.1 Å². The molecule has 1 N–H and O–H groups in total. The second kappa shape index (κ2) is 7.64. The Kier molecular flexibility index (Phi) is 4.90. The Hall–Kier alpha value is -3.38. The SMILES string of the molecule is CC[C@@H]1C[C@@H](CC#N)CN1n1cnc2c(S(=O)(=O)c3ccccc3C)nc3[nH]ccc3c21. The fraction of sp³-hybridized carbons (Fsp3) is 0.348. The predicted molar refractivity (Wildman–Crippen MR) is 122 cm³/mol. The van der Waals surface area contributed by atoms with Crippen molar-refractivity contribution in [1.29, 1.82) is 5.26 Å².